The van der Waals surface area contributed by atoms with E-state index >= 15 is 0 Å². The zero-order valence-corrected chi connectivity index (χ0v) is 19.3. The van der Waals surface area contributed by atoms with Crippen molar-refractivity contribution in [3.8, 4) is 5.75 Å². The summed E-state index contributed by atoms with van der Waals surface area (Å²) in [4.78, 5) is 0.168. The molecule has 0 radical (unpaired) electrons. The molecule has 12 heteroatoms. The second-order valence-corrected chi connectivity index (χ2v) is 12.8. The van der Waals surface area contributed by atoms with Crippen molar-refractivity contribution in [2.24, 2.45) is 0 Å². The molecule has 0 amide bonds. The zero-order valence-electron chi connectivity index (χ0n) is 16.9. The lowest BCUT2D eigenvalue weighted by Gasteiger charge is -2.15. The van der Waals surface area contributed by atoms with Crippen LogP contribution in [0.15, 0.2) is 63.2 Å². The van der Waals surface area contributed by atoms with E-state index in [1.807, 2.05) is 0 Å². The van der Waals surface area contributed by atoms with Gasteiger partial charge in [0, 0.05) is 25.9 Å². The third kappa shape index (κ3) is 5.83. The fourth-order valence-electron chi connectivity index (χ4n) is 3.08. The fourth-order valence-corrected chi connectivity index (χ4v) is 6.24. The number of rotatable bonds is 9. The highest BCUT2D eigenvalue weighted by Crippen LogP contribution is 2.23. The summed E-state index contributed by atoms with van der Waals surface area (Å²) in [7, 11) is -10.7. The van der Waals surface area contributed by atoms with Crippen molar-refractivity contribution in [2.75, 3.05) is 32.5 Å². The van der Waals surface area contributed by atoms with Crippen LogP contribution >= 0.6 is 0 Å². The van der Waals surface area contributed by atoms with Crippen LogP contribution in [-0.2, 0) is 29.9 Å². The predicted molar refractivity (Wildman–Crippen MR) is 115 cm³/mol. The third-order valence-electron chi connectivity index (χ3n) is 4.75. The Morgan fingerprint density at radius 2 is 1.32 bits per heavy atom. The quantitative estimate of drug-likeness (QED) is 0.526. The maximum atomic E-state index is 12.5. The van der Waals surface area contributed by atoms with E-state index in [4.69, 9.17) is 4.74 Å². The van der Waals surface area contributed by atoms with Gasteiger partial charge >= 0.3 is 0 Å². The van der Waals surface area contributed by atoms with Gasteiger partial charge in [-0.25, -0.2) is 30.0 Å². The van der Waals surface area contributed by atoms with Crippen LogP contribution in [0.1, 0.15) is 12.8 Å². The summed E-state index contributed by atoms with van der Waals surface area (Å²) in [5.74, 6) is 0.414. The minimum absolute atomic E-state index is 0.0238. The number of sulfonamides is 2. The SMILES string of the molecule is CS(=O)(=O)c1ccc(S(=O)(=O)NCCOc2ccc(S(=O)(=O)N3CCCC3)cc2)cc1. The molecule has 2 aromatic carbocycles. The number of benzene rings is 2. The third-order valence-corrected chi connectivity index (χ3v) is 9.27. The topological polar surface area (TPSA) is 127 Å². The number of hydrogen-bond acceptors (Lipinski definition) is 7. The van der Waals surface area contributed by atoms with Crippen LogP contribution in [0.25, 0.3) is 0 Å². The van der Waals surface area contributed by atoms with Crippen molar-refractivity contribution < 1.29 is 30.0 Å². The zero-order chi connectivity index (χ0) is 22.7. The van der Waals surface area contributed by atoms with Crippen LogP contribution in [0.2, 0.25) is 0 Å². The lowest BCUT2D eigenvalue weighted by Crippen LogP contribution is -2.28. The minimum Gasteiger partial charge on any atom is -0.492 e. The second kappa shape index (κ2) is 9.25. The number of nitrogens with zero attached hydrogens (tertiary/aromatic N) is 1. The van der Waals surface area contributed by atoms with Gasteiger partial charge in [0.25, 0.3) is 0 Å². The summed E-state index contributed by atoms with van der Waals surface area (Å²) in [6, 6.07) is 10.9. The van der Waals surface area contributed by atoms with Crippen molar-refractivity contribution in [3.63, 3.8) is 0 Å². The molecule has 0 aliphatic carbocycles. The highest BCUT2D eigenvalue weighted by atomic mass is 32.2. The molecule has 0 atom stereocenters. The van der Waals surface area contributed by atoms with Crippen molar-refractivity contribution in [3.05, 3.63) is 48.5 Å². The Bertz CT molecular complexity index is 1220. The summed E-state index contributed by atoms with van der Waals surface area (Å²) in [6.07, 6.45) is 2.76. The molecular weight excluding hydrogens is 464 g/mol. The average Bonchev–Trinajstić information content (AvgIpc) is 3.27. The standard InChI is InChI=1S/C19H24N2O7S3/c1-29(22,23)17-8-10-18(11-9-17)30(24,25)20-12-15-28-16-4-6-19(7-5-16)31(26,27)21-13-2-3-14-21/h4-11,20H,2-3,12-15H2,1H3. The fraction of sp³-hybridized carbons (Fsp3) is 0.368. The molecule has 31 heavy (non-hydrogen) atoms. The number of sulfone groups is 1. The highest BCUT2D eigenvalue weighted by Gasteiger charge is 2.27. The summed E-state index contributed by atoms with van der Waals surface area (Å²) in [5.41, 5.74) is 0. The molecule has 0 saturated carbocycles. The van der Waals surface area contributed by atoms with E-state index in [0.717, 1.165) is 19.1 Å². The Kier molecular flexibility index (Phi) is 7.06. The number of ether oxygens (including phenoxy) is 1. The molecular formula is C19H24N2O7S3. The van der Waals surface area contributed by atoms with Gasteiger partial charge in [-0.3, -0.25) is 0 Å². The molecule has 1 fully saturated rings. The maximum absolute atomic E-state index is 12.5. The first-order valence-electron chi connectivity index (χ1n) is 9.53. The Balaban J connectivity index is 1.53. The van der Waals surface area contributed by atoms with E-state index in [2.05, 4.69) is 4.72 Å². The van der Waals surface area contributed by atoms with Crippen molar-refractivity contribution in [2.45, 2.75) is 27.5 Å². The minimum atomic E-state index is -3.82. The molecule has 1 aliphatic rings. The molecule has 1 N–H and O–H groups in total. The van der Waals surface area contributed by atoms with Gasteiger partial charge in [0.05, 0.1) is 14.7 Å². The smallest absolute Gasteiger partial charge is 0.243 e. The summed E-state index contributed by atoms with van der Waals surface area (Å²) >= 11 is 0. The molecule has 2 aromatic rings. The van der Waals surface area contributed by atoms with E-state index in [0.29, 0.717) is 18.8 Å². The summed E-state index contributed by atoms with van der Waals surface area (Å²) < 4.78 is 81.8. The van der Waals surface area contributed by atoms with Crippen LogP contribution < -0.4 is 9.46 Å². The Morgan fingerprint density at radius 3 is 1.87 bits per heavy atom. The van der Waals surface area contributed by atoms with Gasteiger partial charge < -0.3 is 4.74 Å². The Morgan fingerprint density at radius 1 is 0.806 bits per heavy atom. The van der Waals surface area contributed by atoms with Crippen LogP contribution in [0.4, 0.5) is 0 Å². The molecule has 0 spiro atoms. The summed E-state index contributed by atoms with van der Waals surface area (Å²) in [5, 5.41) is 0. The van der Waals surface area contributed by atoms with Gasteiger partial charge in [-0.2, -0.15) is 4.31 Å². The molecule has 9 nitrogen and oxygen atoms in total. The normalized spacial score (nSPS) is 15.8. The predicted octanol–water partition coefficient (Wildman–Crippen LogP) is 1.23. The lowest BCUT2D eigenvalue weighted by atomic mass is 10.3. The van der Waals surface area contributed by atoms with Crippen LogP contribution in [0, 0.1) is 0 Å². The Hall–Kier alpha value is -1.99. The van der Waals surface area contributed by atoms with E-state index in [1.165, 1.54) is 52.8 Å². The van der Waals surface area contributed by atoms with Crippen LogP contribution in [-0.4, -0.2) is 62.1 Å². The summed E-state index contributed by atoms with van der Waals surface area (Å²) in [6.45, 7) is 1.05. The molecule has 0 unspecified atom stereocenters. The van der Waals surface area contributed by atoms with Crippen LogP contribution in [0.3, 0.4) is 0 Å². The van der Waals surface area contributed by atoms with E-state index in [9.17, 15) is 25.3 Å². The van der Waals surface area contributed by atoms with E-state index < -0.39 is 29.9 Å². The monoisotopic (exact) mass is 488 g/mol. The number of hydrogen-bond donors (Lipinski definition) is 1. The van der Waals surface area contributed by atoms with Gasteiger partial charge in [0.1, 0.15) is 12.4 Å². The molecule has 1 heterocycles. The first kappa shape index (κ1) is 23.7. The first-order chi connectivity index (χ1) is 14.5. The number of nitrogens with one attached hydrogen (secondary N) is 1. The van der Waals surface area contributed by atoms with Crippen molar-refractivity contribution in [1.82, 2.24) is 9.03 Å². The maximum Gasteiger partial charge on any atom is 0.243 e. The van der Waals surface area contributed by atoms with Crippen molar-refractivity contribution in [1.29, 1.82) is 0 Å². The molecule has 1 aliphatic heterocycles. The van der Waals surface area contributed by atoms with E-state index in [-0.39, 0.29) is 27.8 Å². The second-order valence-electron chi connectivity index (χ2n) is 7.07. The first-order valence-corrected chi connectivity index (χ1v) is 14.3. The van der Waals surface area contributed by atoms with Gasteiger partial charge in [-0.05, 0) is 61.4 Å². The average molecular weight is 489 g/mol. The van der Waals surface area contributed by atoms with Gasteiger partial charge in [-0.15, -0.1) is 0 Å². The van der Waals surface area contributed by atoms with Crippen LogP contribution in [0.5, 0.6) is 5.75 Å². The molecule has 0 bridgehead atoms. The lowest BCUT2D eigenvalue weighted by molar-refractivity contribution is 0.322. The molecule has 170 valence electrons. The highest BCUT2D eigenvalue weighted by molar-refractivity contribution is 7.91. The van der Waals surface area contributed by atoms with E-state index in [1.54, 1.807) is 0 Å². The van der Waals surface area contributed by atoms with Gasteiger partial charge in [0.2, 0.25) is 20.0 Å². The van der Waals surface area contributed by atoms with Gasteiger partial charge in [0.15, 0.2) is 9.84 Å². The Labute approximate surface area is 183 Å². The van der Waals surface area contributed by atoms with Crippen molar-refractivity contribution >= 4 is 29.9 Å². The molecule has 1 saturated heterocycles. The largest absolute Gasteiger partial charge is 0.492 e. The molecule has 0 aromatic heterocycles. The molecule has 3 rings (SSSR count). The van der Waals surface area contributed by atoms with Gasteiger partial charge in [-0.1, -0.05) is 0 Å².